The first-order valence-corrected chi connectivity index (χ1v) is 8.83. The molecule has 0 aliphatic carbocycles. The minimum absolute atomic E-state index is 0.0864. The number of aliphatic imine (C=N–C) groups is 1. The number of fused-ring (bicyclic) bond motifs is 1. The molecule has 138 valence electrons. The number of imidazole rings is 1. The van der Waals surface area contributed by atoms with Gasteiger partial charge in [0.25, 0.3) is 0 Å². The van der Waals surface area contributed by atoms with E-state index in [2.05, 4.69) is 52.0 Å². The number of rotatable bonds is 7. The molecule has 0 aliphatic rings. The van der Waals surface area contributed by atoms with Crippen molar-refractivity contribution in [2.45, 2.75) is 39.8 Å². The molecule has 0 bridgehead atoms. The second-order valence-electron chi connectivity index (χ2n) is 7.25. The third-order valence-electron chi connectivity index (χ3n) is 4.32. The van der Waals surface area contributed by atoms with E-state index in [0.717, 1.165) is 37.5 Å². The maximum Gasteiger partial charge on any atom is 0.191 e. The summed E-state index contributed by atoms with van der Waals surface area (Å²) in [6, 6.07) is 8.21. The summed E-state index contributed by atoms with van der Waals surface area (Å²) in [5.74, 6) is 0.807. The van der Waals surface area contributed by atoms with Gasteiger partial charge in [-0.3, -0.25) is 4.99 Å². The second kappa shape index (κ2) is 8.85. The highest BCUT2D eigenvalue weighted by Gasteiger charge is 2.24. The zero-order valence-electron chi connectivity index (χ0n) is 16.0. The molecule has 2 aromatic rings. The fourth-order valence-corrected chi connectivity index (χ4v) is 2.80. The van der Waals surface area contributed by atoms with Gasteiger partial charge in [0.1, 0.15) is 0 Å². The Morgan fingerprint density at radius 3 is 2.72 bits per heavy atom. The average Bonchev–Trinajstić information content (AvgIpc) is 2.99. The van der Waals surface area contributed by atoms with Crippen molar-refractivity contribution in [3.05, 3.63) is 30.6 Å². The van der Waals surface area contributed by atoms with E-state index in [1.807, 2.05) is 24.5 Å². The highest BCUT2D eigenvalue weighted by Crippen LogP contribution is 2.20. The molecule has 0 saturated heterocycles. The smallest absolute Gasteiger partial charge is 0.191 e. The molecule has 1 aromatic heterocycles. The number of hydrogen-bond donors (Lipinski definition) is 2. The number of nitrogens with zero attached hydrogens (tertiary/aromatic N) is 3. The highest BCUT2D eigenvalue weighted by molar-refractivity contribution is 5.79. The van der Waals surface area contributed by atoms with Crippen LogP contribution in [0, 0.1) is 5.41 Å². The van der Waals surface area contributed by atoms with Crippen molar-refractivity contribution in [3.8, 4) is 0 Å². The molecule has 0 spiro atoms. The Labute approximate surface area is 150 Å². The van der Waals surface area contributed by atoms with Gasteiger partial charge in [-0.15, -0.1) is 0 Å². The first kappa shape index (κ1) is 19.2. The van der Waals surface area contributed by atoms with Gasteiger partial charge in [0.05, 0.1) is 23.5 Å². The van der Waals surface area contributed by atoms with Crippen molar-refractivity contribution in [1.82, 2.24) is 20.2 Å². The van der Waals surface area contributed by atoms with E-state index in [-0.39, 0.29) is 11.5 Å². The quantitative estimate of drug-likeness (QED) is 0.460. The van der Waals surface area contributed by atoms with Crippen molar-refractivity contribution < 1.29 is 4.74 Å². The number of aromatic nitrogens is 2. The number of ether oxygens (including phenoxy) is 1. The summed E-state index contributed by atoms with van der Waals surface area (Å²) in [4.78, 5) is 8.70. The van der Waals surface area contributed by atoms with Crippen LogP contribution in [0.4, 0.5) is 0 Å². The molecule has 25 heavy (non-hydrogen) atoms. The van der Waals surface area contributed by atoms with Gasteiger partial charge in [-0.2, -0.15) is 0 Å². The lowest BCUT2D eigenvalue weighted by molar-refractivity contribution is 0.0205. The molecule has 2 rings (SSSR count). The number of hydrogen-bond acceptors (Lipinski definition) is 3. The number of guanidine groups is 1. The third kappa shape index (κ3) is 5.46. The first-order valence-electron chi connectivity index (χ1n) is 8.83. The Kier molecular flexibility index (Phi) is 6.82. The third-order valence-corrected chi connectivity index (χ3v) is 4.32. The van der Waals surface area contributed by atoms with Crippen LogP contribution < -0.4 is 10.6 Å². The summed E-state index contributed by atoms with van der Waals surface area (Å²) in [5.41, 5.74) is 2.31. The maximum absolute atomic E-state index is 5.57. The van der Waals surface area contributed by atoms with E-state index in [9.17, 15) is 0 Å². The fraction of sp³-hybridized carbons (Fsp3) is 0.579. The van der Waals surface area contributed by atoms with Crippen LogP contribution in [0.1, 0.15) is 27.2 Å². The summed E-state index contributed by atoms with van der Waals surface area (Å²) in [7, 11) is 3.54. The molecule has 6 nitrogen and oxygen atoms in total. The van der Waals surface area contributed by atoms with E-state index >= 15 is 0 Å². The lowest BCUT2D eigenvalue weighted by Crippen LogP contribution is -2.45. The predicted molar refractivity (Wildman–Crippen MR) is 104 cm³/mol. The van der Waals surface area contributed by atoms with Crippen LogP contribution in [0.15, 0.2) is 35.6 Å². The van der Waals surface area contributed by atoms with Crippen LogP contribution in [0.3, 0.4) is 0 Å². The van der Waals surface area contributed by atoms with Crippen molar-refractivity contribution in [2.75, 3.05) is 27.2 Å². The summed E-state index contributed by atoms with van der Waals surface area (Å²) >= 11 is 0. The number of methoxy groups -OCH3 is 1. The van der Waals surface area contributed by atoms with Gasteiger partial charge < -0.3 is 19.9 Å². The van der Waals surface area contributed by atoms with Gasteiger partial charge >= 0.3 is 0 Å². The summed E-state index contributed by atoms with van der Waals surface area (Å²) in [6.07, 6.45) is 3.03. The standard InChI is InChI=1S/C19H31N5O/c1-19(2,3)17(25-5)13-22-18(20-4)21-11-8-12-24-14-23-15-9-6-7-10-16(15)24/h6-7,9-10,14,17H,8,11-13H2,1-5H3,(H2,20,21,22). The molecule has 0 aliphatic heterocycles. The molecule has 1 heterocycles. The van der Waals surface area contributed by atoms with Gasteiger partial charge in [0.15, 0.2) is 5.96 Å². The Bertz CT molecular complexity index is 686. The topological polar surface area (TPSA) is 63.5 Å². The average molecular weight is 345 g/mol. The van der Waals surface area contributed by atoms with Crippen LogP contribution in [0.2, 0.25) is 0 Å². The van der Waals surface area contributed by atoms with Gasteiger partial charge in [0, 0.05) is 33.8 Å². The minimum atomic E-state index is 0.0864. The van der Waals surface area contributed by atoms with Gasteiger partial charge in [0.2, 0.25) is 0 Å². The van der Waals surface area contributed by atoms with Crippen LogP contribution in [-0.4, -0.2) is 48.9 Å². The molecule has 0 saturated carbocycles. The SMILES string of the molecule is CN=C(NCCCn1cnc2ccccc21)NCC(OC)C(C)(C)C. The zero-order chi connectivity index (χ0) is 18.3. The lowest BCUT2D eigenvalue weighted by atomic mass is 9.89. The van der Waals surface area contributed by atoms with Gasteiger partial charge in [-0.05, 0) is 24.0 Å². The zero-order valence-corrected chi connectivity index (χ0v) is 16.0. The number of aryl methyl sites for hydroxylation is 1. The van der Waals surface area contributed by atoms with E-state index in [0.29, 0.717) is 0 Å². The Morgan fingerprint density at radius 2 is 2.04 bits per heavy atom. The lowest BCUT2D eigenvalue weighted by Gasteiger charge is -2.30. The maximum atomic E-state index is 5.57. The van der Waals surface area contributed by atoms with E-state index in [1.54, 1.807) is 14.2 Å². The largest absolute Gasteiger partial charge is 0.379 e. The molecule has 0 amide bonds. The van der Waals surface area contributed by atoms with Crippen molar-refractivity contribution in [1.29, 1.82) is 0 Å². The number of para-hydroxylation sites is 2. The first-order chi connectivity index (χ1) is 12.0. The van der Waals surface area contributed by atoms with Crippen LogP contribution in [-0.2, 0) is 11.3 Å². The van der Waals surface area contributed by atoms with Gasteiger partial charge in [-0.25, -0.2) is 4.98 Å². The van der Waals surface area contributed by atoms with Crippen molar-refractivity contribution >= 4 is 17.0 Å². The molecule has 1 atom stereocenters. The monoisotopic (exact) mass is 345 g/mol. The Morgan fingerprint density at radius 1 is 1.28 bits per heavy atom. The number of nitrogens with one attached hydrogen (secondary N) is 2. The molecule has 2 N–H and O–H groups in total. The normalized spacial score (nSPS) is 13.9. The second-order valence-corrected chi connectivity index (χ2v) is 7.25. The van der Waals surface area contributed by atoms with E-state index in [4.69, 9.17) is 4.74 Å². The Hall–Kier alpha value is -2.08. The molecule has 0 radical (unpaired) electrons. The fourth-order valence-electron chi connectivity index (χ4n) is 2.80. The summed E-state index contributed by atoms with van der Waals surface area (Å²) < 4.78 is 7.76. The molecule has 1 unspecified atom stereocenters. The molecular weight excluding hydrogens is 314 g/mol. The highest BCUT2D eigenvalue weighted by atomic mass is 16.5. The molecule has 6 heteroatoms. The molecule has 0 fully saturated rings. The van der Waals surface area contributed by atoms with Crippen LogP contribution >= 0.6 is 0 Å². The van der Waals surface area contributed by atoms with Crippen molar-refractivity contribution in [3.63, 3.8) is 0 Å². The molecular formula is C19H31N5O. The predicted octanol–water partition coefficient (Wildman–Crippen LogP) is 2.65. The van der Waals surface area contributed by atoms with Crippen LogP contribution in [0.25, 0.3) is 11.0 Å². The Balaban J connectivity index is 1.76. The summed E-state index contributed by atoms with van der Waals surface area (Å²) in [5, 5.41) is 6.71. The van der Waals surface area contributed by atoms with Crippen molar-refractivity contribution in [2.24, 2.45) is 10.4 Å². The number of benzene rings is 1. The van der Waals surface area contributed by atoms with E-state index in [1.165, 1.54) is 5.52 Å². The molecule has 1 aromatic carbocycles. The minimum Gasteiger partial charge on any atom is -0.379 e. The van der Waals surface area contributed by atoms with Gasteiger partial charge in [-0.1, -0.05) is 32.9 Å². The van der Waals surface area contributed by atoms with Crippen LogP contribution in [0.5, 0.6) is 0 Å². The van der Waals surface area contributed by atoms with E-state index < -0.39 is 0 Å². The summed E-state index contributed by atoms with van der Waals surface area (Å²) in [6.45, 7) is 9.02.